The molecule has 1 atom stereocenters. The van der Waals surface area contributed by atoms with Crippen molar-refractivity contribution < 1.29 is 18.6 Å². The van der Waals surface area contributed by atoms with Gasteiger partial charge in [0.2, 0.25) is 0 Å². The van der Waals surface area contributed by atoms with Crippen molar-refractivity contribution in [3.63, 3.8) is 0 Å². The van der Waals surface area contributed by atoms with Crippen molar-refractivity contribution in [2.45, 2.75) is 6.04 Å². The summed E-state index contributed by atoms with van der Waals surface area (Å²) in [5.74, 6) is -1.20. The number of ether oxygens (including phenoxy) is 1. The van der Waals surface area contributed by atoms with E-state index in [1.165, 1.54) is 13.2 Å². The van der Waals surface area contributed by atoms with Crippen LogP contribution in [0.1, 0.15) is 11.6 Å². The molecule has 0 amide bonds. The van der Waals surface area contributed by atoms with Gasteiger partial charge in [-0.15, -0.1) is 0 Å². The van der Waals surface area contributed by atoms with E-state index in [-0.39, 0.29) is 19.3 Å². The second kappa shape index (κ2) is 8.56. The lowest BCUT2D eigenvalue weighted by atomic mass is 10.1. The summed E-state index contributed by atoms with van der Waals surface area (Å²) >= 11 is 0. The molecule has 1 aromatic heterocycles. The zero-order valence-electron chi connectivity index (χ0n) is 13.7. The SMILES string of the molecule is COCC(Nc1ccc(N(C)CCO)cn1)c1ccc(F)c(F)c1. The van der Waals surface area contributed by atoms with Crippen LogP contribution in [0.3, 0.4) is 0 Å². The highest BCUT2D eigenvalue weighted by Crippen LogP contribution is 2.22. The zero-order chi connectivity index (χ0) is 17.5. The summed E-state index contributed by atoms with van der Waals surface area (Å²) in [6.45, 7) is 0.844. The van der Waals surface area contributed by atoms with Crippen LogP contribution in [0.5, 0.6) is 0 Å². The van der Waals surface area contributed by atoms with Crippen molar-refractivity contribution in [1.29, 1.82) is 0 Å². The molecule has 24 heavy (non-hydrogen) atoms. The number of likely N-dealkylation sites (N-methyl/N-ethyl adjacent to an activating group) is 1. The van der Waals surface area contributed by atoms with E-state index in [4.69, 9.17) is 9.84 Å². The van der Waals surface area contributed by atoms with Crippen LogP contribution in [-0.4, -0.2) is 44.0 Å². The maximum atomic E-state index is 13.4. The Kier molecular flexibility index (Phi) is 6.45. The van der Waals surface area contributed by atoms with E-state index >= 15 is 0 Å². The van der Waals surface area contributed by atoms with Crippen molar-refractivity contribution in [2.24, 2.45) is 0 Å². The number of nitrogens with zero attached hydrogens (tertiary/aromatic N) is 2. The number of halogens is 2. The molecule has 1 aromatic carbocycles. The van der Waals surface area contributed by atoms with Crippen molar-refractivity contribution >= 4 is 11.5 Å². The van der Waals surface area contributed by atoms with Crippen LogP contribution in [0.25, 0.3) is 0 Å². The number of hydrogen-bond acceptors (Lipinski definition) is 5. The lowest BCUT2D eigenvalue weighted by Crippen LogP contribution is -2.21. The summed E-state index contributed by atoms with van der Waals surface area (Å²) in [4.78, 5) is 6.19. The number of aliphatic hydroxyl groups excluding tert-OH is 1. The minimum Gasteiger partial charge on any atom is -0.395 e. The number of benzene rings is 1. The molecule has 1 heterocycles. The van der Waals surface area contributed by atoms with Crippen molar-refractivity contribution in [1.82, 2.24) is 4.98 Å². The van der Waals surface area contributed by atoms with E-state index in [1.807, 2.05) is 18.0 Å². The Labute approximate surface area is 139 Å². The lowest BCUT2D eigenvalue weighted by Gasteiger charge is -2.21. The highest BCUT2D eigenvalue weighted by atomic mass is 19.2. The average Bonchev–Trinajstić information content (AvgIpc) is 2.58. The first-order valence-electron chi connectivity index (χ1n) is 7.53. The van der Waals surface area contributed by atoms with Crippen LogP contribution in [0.15, 0.2) is 36.5 Å². The number of pyridine rings is 1. The van der Waals surface area contributed by atoms with Gasteiger partial charge in [-0.05, 0) is 29.8 Å². The highest BCUT2D eigenvalue weighted by molar-refractivity contribution is 5.49. The first-order chi connectivity index (χ1) is 11.5. The Hall–Kier alpha value is -2.25. The van der Waals surface area contributed by atoms with E-state index in [2.05, 4.69) is 10.3 Å². The second-order valence-electron chi connectivity index (χ2n) is 5.37. The van der Waals surface area contributed by atoms with Crippen molar-refractivity contribution in [3.05, 3.63) is 53.7 Å². The van der Waals surface area contributed by atoms with Crippen LogP contribution >= 0.6 is 0 Å². The van der Waals surface area contributed by atoms with Crippen molar-refractivity contribution in [2.75, 3.05) is 44.1 Å². The third-order valence-electron chi connectivity index (χ3n) is 3.63. The number of anilines is 2. The summed E-state index contributed by atoms with van der Waals surface area (Å²) in [6.07, 6.45) is 1.67. The van der Waals surface area contributed by atoms with Gasteiger partial charge in [0.1, 0.15) is 5.82 Å². The molecular weight excluding hydrogens is 316 g/mol. The summed E-state index contributed by atoms with van der Waals surface area (Å²) in [7, 11) is 3.39. The largest absolute Gasteiger partial charge is 0.395 e. The molecule has 0 saturated carbocycles. The molecule has 0 aliphatic carbocycles. The first-order valence-corrected chi connectivity index (χ1v) is 7.53. The van der Waals surface area contributed by atoms with Gasteiger partial charge in [0.05, 0.1) is 31.1 Å². The Morgan fingerprint density at radius 1 is 1.25 bits per heavy atom. The quantitative estimate of drug-likeness (QED) is 0.775. The average molecular weight is 337 g/mol. The van der Waals surface area contributed by atoms with Crippen LogP contribution in [0.2, 0.25) is 0 Å². The van der Waals surface area contributed by atoms with Crippen LogP contribution in [-0.2, 0) is 4.74 Å². The molecule has 0 bridgehead atoms. The summed E-state index contributed by atoms with van der Waals surface area (Å²) in [6, 6.07) is 7.04. The molecular formula is C17H21F2N3O2. The number of methoxy groups -OCH3 is 1. The summed E-state index contributed by atoms with van der Waals surface area (Å²) in [5.41, 5.74) is 1.43. The maximum absolute atomic E-state index is 13.4. The molecule has 0 spiro atoms. The first kappa shape index (κ1) is 18.1. The number of aromatic nitrogens is 1. The molecule has 7 heteroatoms. The van der Waals surface area contributed by atoms with Gasteiger partial charge in [-0.1, -0.05) is 6.07 Å². The minimum absolute atomic E-state index is 0.0581. The van der Waals surface area contributed by atoms with E-state index in [9.17, 15) is 8.78 Å². The molecule has 0 aliphatic heterocycles. The van der Waals surface area contributed by atoms with Gasteiger partial charge in [-0.3, -0.25) is 0 Å². The molecule has 0 aliphatic rings. The second-order valence-corrected chi connectivity index (χ2v) is 5.37. The van der Waals surface area contributed by atoms with Crippen LogP contribution < -0.4 is 10.2 Å². The summed E-state index contributed by atoms with van der Waals surface area (Å²) in [5, 5.41) is 12.1. The monoisotopic (exact) mass is 337 g/mol. The summed E-state index contributed by atoms with van der Waals surface area (Å²) < 4.78 is 31.7. The van der Waals surface area contributed by atoms with Gasteiger partial charge in [0.15, 0.2) is 11.6 Å². The number of nitrogens with one attached hydrogen (secondary N) is 1. The number of hydrogen-bond donors (Lipinski definition) is 2. The number of rotatable bonds is 8. The van der Waals surface area contributed by atoms with Gasteiger partial charge in [0.25, 0.3) is 0 Å². The molecule has 2 aromatic rings. The third kappa shape index (κ3) is 4.62. The Morgan fingerprint density at radius 2 is 2.04 bits per heavy atom. The van der Waals surface area contributed by atoms with Gasteiger partial charge in [0, 0.05) is 20.7 Å². The smallest absolute Gasteiger partial charge is 0.159 e. The third-order valence-corrected chi connectivity index (χ3v) is 3.63. The number of aliphatic hydroxyl groups is 1. The van der Waals surface area contributed by atoms with E-state index in [1.54, 1.807) is 12.3 Å². The lowest BCUT2D eigenvalue weighted by molar-refractivity contribution is 0.186. The molecule has 5 nitrogen and oxygen atoms in total. The molecule has 1 unspecified atom stereocenters. The fraction of sp³-hybridized carbons (Fsp3) is 0.353. The van der Waals surface area contributed by atoms with Gasteiger partial charge in [-0.25, -0.2) is 13.8 Å². The Bertz CT molecular complexity index is 653. The predicted molar refractivity (Wildman–Crippen MR) is 89.2 cm³/mol. The van der Waals surface area contributed by atoms with Gasteiger partial charge < -0.3 is 20.1 Å². The minimum atomic E-state index is -0.899. The fourth-order valence-corrected chi connectivity index (χ4v) is 2.27. The molecule has 2 N–H and O–H groups in total. The molecule has 0 fully saturated rings. The standard InChI is InChI=1S/C17H21F2N3O2/c1-22(7-8-23)13-4-6-17(20-10-13)21-16(11-24-2)12-3-5-14(18)15(19)9-12/h3-6,9-10,16,23H,7-8,11H2,1-2H3,(H,20,21). The topological polar surface area (TPSA) is 57.6 Å². The normalized spacial score (nSPS) is 12.0. The highest BCUT2D eigenvalue weighted by Gasteiger charge is 2.14. The molecule has 130 valence electrons. The molecule has 2 rings (SSSR count). The van der Waals surface area contributed by atoms with Crippen molar-refractivity contribution in [3.8, 4) is 0 Å². The van der Waals surface area contributed by atoms with Crippen LogP contribution in [0, 0.1) is 11.6 Å². The Morgan fingerprint density at radius 3 is 2.62 bits per heavy atom. The Balaban J connectivity index is 2.13. The molecule has 0 radical (unpaired) electrons. The predicted octanol–water partition coefficient (Wildman–Crippen LogP) is 2.59. The fourth-order valence-electron chi connectivity index (χ4n) is 2.27. The maximum Gasteiger partial charge on any atom is 0.159 e. The van der Waals surface area contributed by atoms with E-state index in [0.717, 1.165) is 17.8 Å². The zero-order valence-corrected chi connectivity index (χ0v) is 13.7. The van der Waals surface area contributed by atoms with E-state index in [0.29, 0.717) is 17.9 Å². The van der Waals surface area contributed by atoms with Crippen LogP contribution in [0.4, 0.5) is 20.3 Å². The van der Waals surface area contributed by atoms with Gasteiger partial charge in [-0.2, -0.15) is 0 Å². The van der Waals surface area contributed by atoms with Gasteiger partial charge >= 0.3 is 0 Å². The van der Waals surface area contributed by atoms with E-state index < -0.39 is 11.6 Å². The molecule has 0 saturated heterocycles.